The molecule has 20 heavy (non-hydrogen) atoms. The first-order chi connectivity index (χ1) is 9.38. The van der Waals surface area contributed by atoms with E-state index in [9.17, 15) is 9.18 Å². The molecule has 2 heterocycles. The van der Waals surface area contributed by atoms with E-state index in [1.807, 2.05) is 0 Å². The van der Waals surface area contributed by atoms with Crippen molar-refractivity contribution in [3.63, 3.8) is 0 Å². The molecule has 2 rings (SSSR count). The molecule has 0 saturated carbocycles. The average Bonchev–Trinajstić information content (AvgIpc) is 2.38. The summed E-state index contributed by atoms with van der Waals surface area (Å²) in [5.74, 6) is -0.920. The third-order valence-electron chi connectivity index (χ3n) is 3.80. The van der Waals surface area contributed by atoms with Crippen LogP contribution in [0.3, 0.4) is 0 Å². The van der Waals surface area contributed by atoms with Gasteiger partial charge in [-0.25, -0.2) is 4.39 Å². The van der Waals surface area contributed by atoms with Gasteiger partial charge in [-0.15, -0.1) is 0 Å². The first-order valence-electron chi connectivity index (χ1n) is 7.03. The van der Waals surface area contributed by atoms with Crippen molar-refractivity contribution in [2.45, 2.75) is 45.2 Å². The summed E-state index contributed by atoms with van der Waals surface area (Å²) in [6, 6.07) is 1.53. The number of hydrogen-bond acceptors (Lipinski definition) is 3. The van der Waals surface area contributed by atoms with Crippen LogP contribution in [-0.2, 0) is 0 Å². The van der Waals surface area contributed by atoms with Gasteiger partial charge in [0, 0.05) is 30.9 Å². The summed E-state index contributed by atoms with van der Waals surface area (Å²) in [5.41, 5.74) is 0.227. The van der Waals surface area contributed by atoms with Gasteiger partial charge >= 0.3 is 0 Å². The Morgan fingerprint density at radius 3 is 2.60 bits per heavy atom. The number of hydrogen-bond donors (Lipinski definition) is 1. The minimum absolute atomic E-state index is 0.0678. The van der Waals surface area contributed by atoms with Crippen molar-refractivity contribution in [2.75, 3.05) is 13.1 Å². The molecule has 0 unspecified atom stereocenters. The molecule has 1 N–H and O–H groups in total. The van der Waals surface area contributed by atoms with Gasteiger partial charge in [0.1, 0.15) is 0 Å². The normalized spacial score (nSPS) is 18.0. The number of likely N-dealkylation sites (tertiary alicyclic amines) is 1. The van der Waals surface area contributed by atoms with Crippen LogP contribution in [0.15, 0.2) is 18.5 Å². The second kappa shape index (κ2) is 5.87. The fourth-order valence-electron chi connectivity index (χ4n) is 2.52. The van der Waals surface area contributed by atoms with Crippen LogP contribution in [0.2, 0.25) is 0 Å². The smallest absolute Gasteiger partial charge is 0.254 e. The molecule has 0 bridgehead atoms. The maximum atomic E-state index is 13.5. The van der Waals surface area contributed by atoms with Gasteiger partial charge in [-0.3, -0.25) is 14.7 Å². The average molecular weight is 279 g/mol. The molecule has 1 amide bonds. The van der Waals surface area contributed by atoms with Gasteiger partial charge in [0.25, 0.3) is 5.91 Å². The lowest BCUT2D eigenvalue weighted by Gasteiger charge is -2.41. The zero-order valence-electron chi connectivity index (χ0n) is 12.3. The van der Waals surface area contributed by atoms with Gasteiger partial charge in [-0.2, -0.15) is 0 Å². The number of nitrogens with zero attached hydrogens (tertiary/aromatic N) is 2. The van der Waals surface area contributed by atoms with Crippen LogP contribution in [0.1, 0.15) is 44.0 Å². The molecule has 0 aliphatic carbocycles. The van der Waals surface area contributed by atoms with Gasteiger partial charge in [-0.1, -0.05) is 0 Å². The topological polar surface area (TPSA) is 45.2 Å². The molecule has 5 heteroatoms. The fourth-order valence-corrected chi connectivity index (χ4v) is 2.52. The minimum Gasteiger partial charge on any atom is -0.349 e. The maximum Gasteiger partial charge on any atom is 0.254 e. The largest absolute Gasteiger partial charge is 0.349 e. The van der Waals surface area contributed by atoms with Crippen LogP contribution >= 0.6 is 0 Å². The van der Waals surface area contributed by atoms with E-state index in [0.29, 0.717) is 0 Å². The molecule has 110 valence electrons. The Kier molecular flexibility index (Phi) is 4.38. The predicted octanol–water partition coefficient (Wildman–Crippen LogP) is 2.21. The van der Waals surface area contributed by atoms with Crippen molar-refractivity contribution in [1.29, 1.82) is 0 Å². The zero-order valence-corrected chi connectivity index (χ0v) is 12.3. The SMILES string of the molecule is CC(C)(C)N1CCC(NC(=O)c2ccncc2F)CC1. The standard InChI is InChI=1S/C15H22FN3O/c1-15(2,3)19-8-5-11(6-9-19)18-14(20)12-4-7-17-10-13(12)16/h4,7,10-11H,5-6,8-9H2,1-3H3,(H,18,20). The number of piperidine rings is 1. The second-order valence-corrected chi connectivity index (χ2v) is 6.26. The number of carbonyl (C=O) groups excluding carboxylic acids is 1. The Labute approximate surface area is 119 Å². The molecule has 4 nitrogen and oxygen atoms in total. The summed E-state index contributed by atoms with van der Waals surface area (Å²) in [7, 11) is 0. The molecule has 1 fully saturated rings. The Morgan fingerprint density at radius 2 is 2.05 bits per heavy atom. The molecule has 1 aliphatic heterocycles. The zero-order chi connectivity index (χ0) is 14.8. The Bertz CT molecular complexity index is 476. The molecule has 0 spiro atoms. The highest BCUT2D eigenvalue weighted by molar-refractivity contribution is 5.94. The van der Waals surface area contributed by atoms with E-state index in [1.54, 1.807) is 0 Å². The van der Waals surface area contributed by atoms with Crippen molar-refractivity contribution in [3.05, 3.63) is 29.8 Å². The molecule has 0 aromatic carbocycles. The maximum absolute atomic E-state index is 13.5. The monoisotopic (exact) mass is 279 g/mol. The predicted molar refractivity (Wildman–Crippen MR) is 76.0 cm³/mol. The van der Waals surface area contributed by atoms with Gasteiger partial charge in [0.2, 0.25) is 0 Å². The molecule has 1 saturated heterocycles. The van der Waals surface area contributed by atoms with Crippen molar-refractivity contribution < 1.29 is 9.18 Å². The van der Waals surface area contributed by atoms with Crippen molar-refractivity contribution in [2.24, 2.45) is 0 Å². The summed E-state index contributed by atoms with van der Waals surface area (Å²) in [6.07, 6.45) is 4.29. The van der Waals surface area contributed by atoms with E-state index in [2.05, 4.69) is 36.0 Å². The lowest BCUT2D eigenvalue weighted by atomic mass is 9.98. The second-order valence-electron chi connectivity index (χ2n) is 6.26. The molecule has 0 atom stereocenters. The van der Waals surface area contributed by atoms with E-state index in [-0.39, 0.29) is 23.1 Å². The first kappa shape index (κ1) is 14.9. The lowest BCUT2D eigenvalue weighted by molar-refractivity contribution is 0.0810. The van der Waals surface area contributed by atoms with Gasteiger partial charge in [0.15, 0.2) is 5.82 Å². The van der Waals surface area contributed by atoms with Crippen LogP contribution in [0, 0.1) is 5.82 Å². The highest BCUT2D eigenvalue weighted by atomic mass is 19.1. The summed E-state index contributed by atoms with van der Waals surface area (Å²) >= 11 is 0. The molecule has 1 aromatic rings. The van der Waals surface area contributed by atoms with Gasteiger partial charge in [-0.05, 0) is 39.7 Å². The number of rotatable bonds is 2. The van der Waals surface area contributed by atoms with Crippen LogP contribution in [0.25, 0.3) is 0 Å². The highest BCUT2D eigenvalue weighted by Crippen LogP contribution is 2.20. The van der Waals surface area contributed by atoms with Crippen LogP contribution in [-0.4, -0.2) is 40.5 Å². The van der Waals surface area contributed by atoms with E-state index >= 15 is 0 Å². The molecule has 1 aromatic heterocycles. The Morgan fingerprint density at radius 1 is 1.40 bits per heavy atom. The summed E-state index contributed by atoms with van der Waals surface area (Å²) in [4.78, 5) is 18.1. The third kappa shape index (κ3) is 3.54. The number of nitrogens with one attached hydrogen (secondary N) is 1. The molecule has 1 aliphatic rings. The van der Waals surface area contributed by atoms with Crippen molar-refractivity contribution >= 4 is 5.91 Å². The number of amides is 1. The van der Waals surface area contributed by atoms with Crippen LogP contribution in [0.5, 0.6) is 0 Å². The number of pyridine rings is 1. The Balaban J connectivity index is 1.90. The molecule has 0 radical (unpaired) electrons. The highest BCUT2D eigenvalue weighted by Gasteiger charge is 2.28. The van der Waals surface area contributed by atoms with Gasteiger partial charge in [0.05, 0.1) is 11.8 Å². The van der Waals surface area contributed by atoms with Crippen LogP contribution < -0.4 is 5.32 Å². The molecular weight excluding hydrogens is 257 g/mol. The molecular formula is C15H22FN3O. The van der Waals surface area contributed by atoms with E-state index in [4.69, 9.17) is 0 Å². The minimum atomic E-state index is -0.572. The third-order valence-corrected chi connectivity index (χ3v) is 3.80. The first-order valence-corrected chi connectivity index (χ1v) is 7.03. The quantitative estimate of drug-likeness (QED) is 0.903. The summed E-state index contributed by atoms with van der Waals surface area (Å²) < 4.78 is 13.5. The van der Waals surface area contributed by atoms with E-state index in [1.165, 1.54) is 12.3 Å². The van der Waals surface area contributed by atoms with Gasteiger partial charge < -0.3 is 5.32 Å². The number of aromatic nitrogens is 1. The number of carbonyl (C=O) groups is 1. The van der Waals surface area contributed by atoms with Crippen molar-refractivity contribution in [3.8, 4) is 0 Å². The van der Waals surface area contributed by atoms with Crippen LogP contribution in [0.4, 0.5) is 4.39 Å². The number of halogens is 1. The summed E-state index contributed by atoms with van der Waals surface area (Å²) in [6.45, 7) is 8.48. The van der Waals surface area contributed by atoms with E-state index < -0.39 is 5.82 Å². The Hall–Kier alpha value is -1.49. The van der Waals surface area contributed by atoms with Crippen molar-refractivity contribution in [1.82, 2.24) is 15.2 Å². The van der Waals surface area contributed by atoms with E-state index in [0.717, 1.165) is 32.1 Å². The fraction of sp³-hybridized carbons (Fsp3) is 0.600. The summed E-state index contributed by atoms with van der Waals surface area (Å²) in [5, 5.41) is 2.91. The lowest BCUT2D eigenvalue weighted by Crippen LogP contribution is -2.50.